The summed E-state index contributed by atoms with van der Waals surface area (Å²) in [6.07, 6.45) is 0. The molecule has 18 rings (SSSR count). The monoisotopic (exact) mass is 1130 g/mol. The molecule has 17 aromatic carbocycles. The average Bonchev–Trinajstić information content (AvgIpc) is 2.11. The van der Waals surface area contributed by atoms with Gasteiger partial charge in [0.25, 0.3) is 0 Å². The first-order valence-electron chi connectivity index (χ1n) is 30.8. The molecule has 1 nitrogen and oxygen atoms in total. The number of hydrogen-bond acceptors (Lipinski definition) is 1. The van der Waals surface area contributed by atoms with Gasteiger partial charge in [0.1, 0.15) is 11.2 Å². The number of para-hydroxylation sites is 1. The highest BCUT2D eigenvalue weighted by Gasteiger charge is 2.23. The lowest BCUT2D eigenvalue weighted by molar-refractivity contribution is 0.670. The fourth-order valence-corrected chi connectivity index (χ4v) is 14.8. The molecule has 0 aliphatic rings. The molecule has 412 valence electrons. The summed E-state index contributed by atoms with van der Waals surface area (Å²) in [5.41, 5.74) is 20.9. The van der Waals surface area contributed by atoms with Gasteiger partial charge in [0, 0.05) is 16.3 Å². The summed E-state index contributed by atoms with van der Waals surface area (Å²) in [6.45, 7) is 0. The predicted molar refractivity (Wildman–Crippen MR) is 380 cm³/mol. The molecule has 0 saturated heterocycles. The molecule has 0 radical (unpaired) electrons. The van der Waals surface area contributed by atoms with E-state index in [1.807, 2.05) is 0 Å². The molecule has 0 fully saturated rings. The van der Waals surface area contributed by atoms with Crippen LogP contribution >= 0.6 is 0 Å². The standard InChI is InChI=1S/C88H54O/c1-2-20-55(21-3-1)56-42-44-59(45-43-56)84-75-34-12-14-36-77(75)87(78-37-15-13-35-76(78)84)82-52-60-46-47-62(51-65(60)54-80(82)70-40-18-25-58-23-5-7-29-67(58)70)69-39-19-41-79-81-53-64(48-49-83(81)89-88(69)79)86-73-32-10-8-30-71(73)85(72-31-9-11-33-74(72)86)63-27-16-26-61(50-63)68-38-17-24-57-22-4-6-28-66(57)68/h1-54H. The van der Waals surface area contributed by atoms with Crippen molar-refractivity contribution < 1.29 is 4.42 Å². The molecule has 0 atom stereocenters. The van der Waals surface area contributed by atoms with E-state index in [0.29, 0.717) is 0 Å². The Hall–Kier alpha value is -11.6. The lowest BCUT2D eigenvalue weighted by Gasteiger charge is -2.21. The van der Waals surface area contributed by atoms with Crippen LogP contribution in [0.3, 0.4) is 0 Å². The van der Waals surface area contributed by atoms with Crippen LogP contribution in [-0.2, 0) is 0 Å². The van der Waals surface area contributed by atoms with E-state index in [2.05, 4.69) is 328 Å². The van der Waals surface area contributed by atoms with E-state index in [0.717, 1.165) is 44.0 Å². The molecule has 0 aliphatic heterocycles. The maximum atomic E-state index is 7.03. The quantitative estimate of drug-likeness (QED) is 0.138. The Balaban J connectivity index is 0.783. The Labute approximate surface area is 515 Å². The summed E-state index contributed by atoms with van der Waals surface area (Å²) in [4.78, 5) is 0. The Morgan fingerprint density at radius 1 is 0.157 bits per heavy atom. The summed E-state index contributed by atoms with van der Waals surface area (Å²) >= 11 is 0. The highest BCUT2D eigenvalue weighted by atomic mass is 16.3. The molecular formula is C88H54O. The Morgan fingerprint density at radius 2 is 0.551 bits per heavy atom. The van der Waals surface area contributed by atoms with Crippen molar-refractivity contribution in [2.75, 3.05) is 0 Å². The van der Waals surface area contributed by atoms with Crippen LogP contribution in [0, 0.1) is 0 Å². The Kier molecular flexibility index (Phi) is 11.7. The van der Waals surface area contributed by atoms with Gasteiger partial charge in [-0.05, 0) is 195 Å². The van der Waals surface area contributed by atoms with Crippen molar-refractivity contribution in [3.8, 4) is 89.0 Å². The van der Waals surface area contributed by atoms with E-state index >= 15 is 0 Å². The van der Waals surface area contributed by atoms with Gasteiger partial charge in [0.05, 0.1) is 0 Å². The van der Waals surface area contributed by atoms with Gasteiger partial charge in [-0.3, -0.25) is 0 Å². The molecule has 1 aromatic heterocycles. The minimum Gasteiger partial charge on any atom is -0.455 e. The molecule has 0 saturated carbocycles. The van der Waals surface area contributed by atoms with Crippen molar-refractivity contribution in [1.82, 2.24) is 0 Å². The number of rotatable bonds is 8. The van der Waals surface area contributed by atoms with Crippen molar-refractivity contribution in [2.24, 2.45) is 0 Å². The topological polar surface area (TPSA) is 13.1 Å². The predicted octanol–water partition coefficient (Wildman–Crippen LogP) is 25.0. The van der Waals surface area contributed by atoms with Crippen LogP contribution in [0.4, 0.5) is 0 Å². The van der Waals surface area contributed by atoms with Crippen LogP contribution in [-0.4, -0.2) is 0 Å². The number of benzene rings is 17. The first-order chi connectivity index (χ1) is 44.1. The van der Waals surface area contributed by atoms with Crippen LogP contribution in [0.15, 0.2) is 332 Å². The third-order valence-electron chi connectivity index (χ3n) is 18.8. The molecular weight excluding hydrogens is 1070 g/mol. The Bertz CT molecular complexity index is 5780. The minimum absolute atomic E-state index is 0.866. The van der Waals surface area contributed by atoms with E-state index in [-0.39, 0.29) is 0 Å². The van der Waals surface area contributed by atoms with Gasteiger partial charge in [0.15, 0.2) is 0 Å². The zero-order valence-electron chi connectivity index (χ0n) is 48.6. The smallest absolute Gasteiger partial charge is 0.143 e. The van der Waals surface area contributed by atoms with Crippen molar-refractivity contribution in [3.63, 3.8) is 0 Å². The van der Waals surface area contributed by atoms with Gasteiger partial charge in [-0.25, -0.2) is 0 Å². The van der Waals surface area contributed by atoms with E-state index in [1.54, 1.807) is 0 Å². The first kappa shape index (κ1) is 50.7. The molecule has 18 aromatic rings. The third-order valence-corrected chi connectivity index (χ3v) is 18.8. The molecule has 1 heterocycles. The van der Waals surface area contributed by atoms with Crippen molar-refractivity contribution in [1.29, 1.82) is 0 Å². The lowest BCUT2D eigenvalue weighted by atomic mass is 9.82. The van der Waals surface area contributed by atoms with Crippen molar-refractivity contribution >= 4 is 97.3 Å². The second-order valence-electron chi connectivity index (χ2n) is 23.7. The lowest BCUT2D eigenvalue weighted by Crippen LogP contribution is -1.94. The highest BCUT2D eigenvalue weighted by Crippen LogP contribution is 2.50. The molecule has 0 aliphatic carbocycles. The van der Waals surface area contributed by atoms with E-state index in [1.165, 1.54) is 142 Å². The zero-order chi connectivity index (χ0) is 58.5. The molecule has 0 N–H and O–H groups in total. The molecule has 1 heteroatoms. The SMILES string of the molecule is c1ccc(-c2ccc(-c3c4ccccc4c(-c4cc5ccc(-c6cccc7c6oc6ccc(-c8c9ccccc9c(-c9cccc(-c%10cccc%11ccccc%10%11)c9)c9ccccc89)cc67)cc5cc4-c4cccc5ccccc45)c4ccccc34)cc2)cc1. The van der Waals surface area contributed by atoms with E-state index in [9.17, 15) is 0 Å². The second kappa shape index (κ2) is 20.5. The van der Waals surface area contributed by atoms with Gasteiger partial charge in [-0.15, -0.1) is 0 Å². The molecule has 0 bridgehead atoms. The van der Waals surface area contributed by atoms with Gasteiger partial charge in [-0.2, -0.15) is 0 Å². The first-order valence-corrected chi connectivity index (χ1v) is 30.8. The molecule has 89 heavy (non-hydrogen) atoms. The van der Waals surface area contributed by atoms with Crippen LogP contribution < -0.4 is 0 Å². The summed E-state index contributed by atoms with van der Waals surface area (Å²) in [5.74, 6) is 0. The maximum absolute atomic E-state index is 7.03. The number of fused-ring (bicyclic) bond motifs is 10. The largest absolute Gasteiger partial charge is 0.455 e. The zero-order valence-corrected chi connectivity index (χ0v) is 48.6. The van der Waals surface area contributed by atoms with E-state index in [4.69, 9.17) is 4.42 Å². The van der Waals surface area contributed by atoms with Crippen molar-refractivity contribution in [3.05, 3.63) is 328 Å². The summed E-state index contributed by atoms with van der Waals surface area (Å²) < 4.78 is 7.03. The fraction of sp³-hybridized carbons (Fsp3) is 0. The summed E-state index contributed by atoms with van der Waals surface area (Å²) in [5, 5.41) is 19.3. The average molecular weight is 1130 g/mol. The summed E-state index contributed by atoms with van der Waals surface area (Å²) in [6, 6.07) is 121. The Morgan fingerprint density at radius 3 is 1.18 bits per heavy atom. The number of hydrogen-bond donors (Lipinski definition) is 0. The molecule has 0 amide bonds. The number of furan rings is 1. The van der Waals surface area contributed by atoms with Crippen LogP contribution in [0.25, 0.3) is 186 Å². The minimum atomic E-state index is 0.866. The fourth-order valence-electron chi connectivity index (χ4n) is 14.8. The normalized spacial score (nSPS) is 11.8. The van der Waals surface area contributed by atoms with Crippen LogP contribution in [0.2, 0.25) is 0 Å². The molecule has 0 spiro atoms. The second-order valence-corrected chi connectivity index (χ2v) is 23.7. The van der Waals surface area contributed by atoms with Gasteiger partial charge in [0.2, 0.25) is 0 Å². The molecule has 0 unspecified atom stereocenters. The van der Waals surface area contributed by atoms with Crippen molar-refractivity contribution in [2.45, 2.75) is 0 Å². The van der Waals surface area contributed by atoms with Crippen LogP contribution in [0.1, 0.15) is 0 Å². The summed E-state index contributed by atoms with van der Waals surface area (Å²) in [7, 11) is 0. The van der Waals surface area contributed by atoms with Gasteiger partial charge >= 0.3 is 0 Å². The maximum Gasteiger partial charge on any atom is 0.143 e. The highest BCUT2D eigenvalue weighted by molar-refractivity contribution is 6.25. The third kappa shape index (κ3) is 8.24. The van der Waals surface area contributed by atoms with E-state index < -0.39 is 0 Å². The van der Waals surface area contributed by atoms with Gasteiger partial charge in [-0.1, -0.05) is 291 Å². The van der Waals surface area contributed by atoms with Crippen LogP contribution in [0.5, 0.6) is 0 Å². The van der Waals surface area contributed by atoms with Gasteiger partial charge < -0.3 is 4.42 Å².